The van der Waals surface area contributed by atoms with Crippen LogP contribution in [0.3, 0.4) is 0 Å². The Kier molecular flexibility index (Phi) is 5.94. The van der Waals surface area contributed by atoms with Crippen molar-refractivity contribution in [2.45, 2.75) is 36.9 Å². The molecule has 1 aromatic carbocycles. The molecule has 6 nitrogen and oxygen atoms in total. The third-order valence-corrected chi connectivity index (χ3v) is 7.04. The highest BCUT2D eigenvalue weighted by Gasteiger charge is 2.37. The smallest absolute Gasteiger partial charge is 0.262 e. The number of nitrogens with one attached hydrogen (secondary N) is 1. The second-order valence-electron chi connectivity index (χ2n) is 6.50. The fraction of sp³-hybridized carbons (Fsp3) is 0.471. The lowest BCUT2D eigenvalue weighted by Gasteiger charge is -2.35. The summed E-state index contributed by atoms with van der Waals surface area (Å²) in [5, 5.41) is 4.01. The quantitative estimate of drug-likeness (QED) is 0.834. The number of halogens is 2. The number of nitrogens with zero attached hydrogens (tertiary/aromatic N) is 3. The molecule has 1 atom stereocenters. The second kappa shape index (κ2) is 7.86. The zero-order valence-corrected chi connectivity index (χ0v) is 16.7. The molecule has 0 bridgehead atoms. The van der Waals surface area contributed by atoms with Gasteiger partial charge in [-0.3, -0.25) is 0 Å². The molecule has 9 heteroatoms. The lowest BCUT2D eigenvalue weighted by Crippen LogP contribution is -2.48. The van der Waals surface area contributed by atoms with Crippen molar-refractivity contribution < 1.29 is 8.42 Å². The van der Waals surface area contributed by atoms with Gasteiger partial charge < -0.3 is 9.88 Å². The molecule has 1 aromatic heterocycles. The first kappa shape index (κ1) is 19.6. The first-order valence-corrected chi connectivity index (χ1v) is 10.4. The molecular formula is C17H22Cl2N4O2S. The zero-order chi connectivity index (χ0) is 17.4. The van der Waals surface area contributed by atoms with Gasteiger partial charge in [0.1, 0.15) is 5.82 Å². The first-order chi connectivity index (χ1) is 12.1. The van der Waals surface area contributed by atoms with Crippen molar-refractivity contribution in [2.24, 2.45) is 0 Å². The largest absolute Gasteiger partial charge is 0.333 e. The lowest BCUT2D eigenvalue weighted by molar-refractivity contribution is 0.271. The topological polar surface area (TPSA) is 67.2 Å². The van der Waals surface area contributed by atoms with Crippen molar-refractivity contribution in [3.05, 3.63) is 46.9 Å². The second-order valence-corrected chi connectivity index (χ2v) is 8.75. The Morgan fingerprint density at radius 2 is 2.00 bits per heavy atom. The van der Waals surface area contributed by atoms with Gasteiger partial charge in [0.15, 0.2) is 5.03 Å². The summed E-state index contributed by atoms with van der Waals surface area (Å²) in [6.07, 6.45) is 4.66. The van der Waals surface area contributed by atoms with Gasteiger partial charge in [0.25, 0.3) is 10.0 Å². The van der Waals surface area contributed by atoms with Crippen molar-refractivity contribution in [3.63, 3.8) is 0 Å². The maximum Gasteiger partial charge on any atom is 0.262 e. The van der Waals surface area contributed by atoms with Crippen LogP contribution in [0.15, 0.2) is 35.5 Å². The highest BCUT2D eigenvalue weighted by atomic mass is 35.5. The van der Waals surface area contributed by atoms with Crippen LogP contribution in [0.5, 0.6) is 0 Å². The average Bonchev–Trinajstić information content (AvgIpc) is 3.07. The number of fused-ring (bicyclic) bond motifs is 1. The van der Waals surface area contributed by atoms with Gasteiger partial charge in [-0.05, 0) is 24.5 Å². The molecule has 1 fully saturated rings. The van der Waals surface area contributed by atoms with E-state index in [0.29, 0.717) is 24.7 Å². The highest BCUT2D eigenvalue weighted by Crippen LogP contribution is 2.32. The predicted octanol–water partition coefficient (Wildman–Crippen LogP) is 2.63. The van der Waals surface area contributed by atoms with Crippen molar-refractivity contribution in [1.29, 1.82) is 0 Å². The van der Waals surface area contributed by atoms with E-state index in [4.69, 9.17) is 11.6 Å². The van der Waals surface area contributed by atoms with Crippen LogP contribution in [0.1, 0.15) is 30.3 Å². The lowest BCUT2D eigenvalue weighted by atomic mass is 10.1. The predicted molar refractivity (Wildman–Crippen MR) is 103 cm³/mol. The summed E-state index contributed by atoms with van der Waals surface area (Å²) in [6.45, 7) is 2.40. The molecule has 0 radical (unpaired) electrons. The summed E-state index contributed by atoms with van der Waals surface area (Å²) in [7, 11) is -3.67. The van der Waals surface area contributed by atoms with Crippen molar-refractivity contribution in [1.82, 2.24) is 19.2 Å². The average molecular weight is 417 g/mol. The summed E-state index contributed by atoms with van der Waals surface area (Å²) in [4.78, 5) is 4.43. The number of imidazole rings is 1. The molecule has 0 saturated carbocycles. The minimum absolute atomic E-state index is 0. The Hall–Kier alpha value is -1.12. The Morgan fingerprint density at radius 3 is 2.77 bits per heavy atom. The number of sulfonamides is 1. The minimum Gasteiger partial charge on any atom is -0.333 e. The number of benzene rings is 1. The SMILES string of the molecule is Cl.O=S(=O)(c1cn2c(n1)CCCC2)N1CCNCC1c1ccccc1Cl. The van der Waals surface area contributed by atoms with E-state index in [1.807, 2.05) is 22.8 Å². The standard InChI is InChI=1S/C17H21ClN4O2S.ClH/c18-14-6-2-1-5-13(14)15-11-19-8-10-22(15)25(23,24)17-12-21-9-4-3-7-16(21)20-17;/h1-2,5-6,12,15,19H,3-4,7-11H2;1H. The molecular weight excluding hydrogens is 395 g/mol. The highest BCUT2D eigenvalue weighted by molar-refractivity contribution is 7.89. The van der Waals surface area contributed by atoms with Gasteiger partial charge in [0.05, 0.1) is 6.04 Å². The third-order valence-electron chi connectivity index (χ3n) is 4.92. The molecule has 0 spiro atoms. The van der Waals surface area contributed by atoms with Crippen LogP contribution in [0.25, 0.3) is 0 Å². The molecule has 2 aliphatic rings. The minimum atomic E-state index is -3.67. The van der Waals surface area contributed by atoms with E-state index < -0.39 is 10.0 Å². The molecule has 142 valence electrons. The van der Waals surface area contributed by atoms with Crippen LogP contribution in [0.2, 0.25) is 5.02 Å². The molecule has 4 rings (SSSR count). The van der Waals surface area contributed by atoms with Crippen LogP contribution in [0.4, 0.5) is 0 Å². The van der Waals surface area contributed by atoms with Crippen molar-refractivity contribution >= 4 is 34.0 Å². The number of hydrogen-bond donors (Lipinski definition) is 1. The van der Waals surface area contributed by atoms with E-state index in [-0.39, 0.29) is 23.5 Å². The molecule has 26 heavy (non-hydrogen) atoms. The summed E-state index contributed by atoms with van der Waals surface area (Å²) in [6, 6.07) is 7.10. The number of piperazine rings is 1. The first-order valence-electron chi connectivity index (χ1n) is 8.60. The van der Waals surface area contributed by atoms with E-state index in [2.05, 4.69) is 10.3 Å². The molecule has 3 heterocycles. The van der Waals surface area contributed by atoms with Crippen LogP contribution >= 0.6 is 24.0 Å². The fourth-order valence-corrected chi connectivity index (χ4v) is 5.45. The number of rotatable bonds is 3. The van der Waals surface area contributed by atoms with E-state index in [9.17, 15) is 8.42 Å². The molecule has 1 N–H and O–H groups in total. The molecule has 1 unspecified atom stereocenters. The molecule has 1 saturated heterocycles. The normalized spacial score (nSPS) is 21.0. The fourth-order valence-electron chi connectivity index (χ4n) is 3.61. The summed E-state index contributed by atoms with van der Waals surface area (Å²) < 4.78 is 30.1. The Balaban J connectivity index is 0.00000196. The van der Waals surface area contributed by atoms with E-state index in [1.54, 1.807) is 16.6 Å². The summed E-state index contributed by atoms with van der Waals surface area (Å²) in [5.74, 6) is 0.870. The molecule has 2 aromatic rings. The van der Waals surface area contributed by atoms with Gasteiger partial charge in [-0.1, -0.05) is 29.8 Å². The number of hydrogen-bond acceptors (Lipinski definition) is 4. The van der Waals surface area contributed by atoms with Crippen molar-refractivity contribution in [2.75, 3.05) is 19.6 Å². The molecule has 2 aliphatic heterocycles. The Bertz CT molecular complexity index is 861. The van der Waals surface area contributed by atoms with Crippen LogP contribution in [-0.2, 0) is 23.0 Å². The summed E-state index contributed by atoms with van der Waals surface area (Å²) >= 11 is 6.33. The third kappa shape index (κ3) is 3.51. The monoisotopic (exact) mass is 416 g/mol. The summed E-state index contributed by atoms with van der Waals surface area (Å²) in [5.41, 5.74) is 0.823. The van der Waals surface area contributed by atoms with Gasteiger partial charge in [0, 0.05) is 43.8 Å². The van der Waals surface area contributed by atoms with E-state index >= 15 is 0 Å². The van der Waals surface area contributed by atoms with Crippen LogP contribution in [-0.4, -0.2) is 41.9 Å². The van der Waals surface area contributed by atoms with E-state index in [0.717, 1.165) is 37.2 Å². The number of aryl methyl sites for hydroxylation is 2. The zero-order valence-electron chi connectivity index (χ0n) is 14.3. The van der Waals surface area contributed by atoms with Crippen molar-refractivity contribution in [3.8, 4) is 0 Å². The van der Waals surface area contributed by atoms with E-state index in [1.165, 1.54) is 0 Å². The molecule has 0 amide bonds. The van der Waals surface area contributed by atoms with Gasteiger partial charge >= 0.3 is 0 Å². The molecule has 0 aliphatic carbocycles. The van der Waals surface area contributed by atoms with Gasteiger partial charge in [-0.2, -0.15) is 4.31 Å². The Morgan fingerprint density at radius 1 is 1.19 bits per heavy atom. The van der Waals surface area contributed by atoms with Gasteiger partial charge in [-0.25, -0.2) is 13.4 Å². The van der Waals surface area contributed by atoms with Gasteiger partial charge in [-0.15, -0.1) is 12.4 Å². The maximum absolute atomic E-state index is 13.3. The van der Waals surface area contributed by atoms with Crippen LogP contribution in [0, 0.1) is 0 Å². The number of aromatic nitrogens is 2. The maximum atomic E-state index is 13.3. The Labute approximate surface area is 165 Å². The van der Waals surface area contributed by atoms with Crippen LogP contribution < -0.4 is 5.32 Å². The van der Waals surface area contributed by atoms with Gasteiger partial charge in [0.2, 0.25) is 0 Å².